The number of amides is 2. The van der Waals surface area contributed by atoms with E-state index < -0.39 is 0 Å². The van der Waals surface area contributed by atoms with E-state index in [-0.39, 0.29) is 17.7 Å². The monoisotopic (exact) mass is 413 g/mol. The first-order valence-corrected chi connectivity index (χ1v) is 11.2. The van der Waals surface area contributed by atoms with Gasteiger partial charge < -0.3 is 10.2 Å². The van der Waals surface area contributed by atoms with E-state index >= 15 is 0 Å². The van der Waals surface area contributed by atoms with Crippen LogP contribution < -0.4 is 15.1 Å². The lowest BCUT2D eigenvalue weighted by molar-refractivity contribution is -0.125. The number of benzene rings is 1. The highest BCUT2D eigenvalue weighted by atomic mass is 32.1. The number of aryl methyl sites for hydroxylation is 1. The zero-order valence-corrected chi connectivity index (χ0v) is 17.4. The Hall–Kier alpha value is -2.48. The molecule has 1 aromatic heterocycles. The molecule has 0 radical (unpaired) electrons. The van der Waals surface area contributed by atoms with Crippen molar-refractivity contribution in [3.8, 4) is 0 Å². The molecule has 2 amide bonds. The molecule has 2 aliphatic rings. The first kappa shape index (κ1) is 19.8. The fraction of sp³-hybridized carbons (Fsp3) is 0.524. The summed E-state index contributed by atoms with van der Waals surface area (Å²) >= 11 is 1.45. The molecule has 4 rings (SSSR count). The summed E-state index contributed by atoms with van der Waals surface area (Å²) in [5, 5.41) is 13.1. The SMILES string of the molecule is O=C(NCCCc1ccccc1)[C@H]1CCCN(c2nnc(N3CCCC3=O)s2)C1. The average Bonchev–Trinajstić information content (AvgIpc) is 3.41. The highest BCUT2D eigenvalue weighted by Crippen LogP contribution is 2.32. The minimum Gasteiger partial charge on any atom is -0.356 e. The van der Waals surface area contributed by atoms with Crippen molar-refractivity contribution in [1.29, 1.82) is 0 Å². The molecule has 2 aromatic rings. The van der Waals surface area contributed by atoms with E-state index in [1.807, 2.05) is 18.2 Å². The molecule has 3 heterocycles. The molecule has 1 aromatic carbocycles. The zero-order chi connectivity index (χ0) is 20.1. The van der Waals surface area contributed by atoms with Crippen molar-refractivity contribution in [3.05, 3.63) is 35.9 Å². The van der Waals surface area contributed by atoms with Crippen LogP contribution in [-0.4, -0.2) is 48.2 Å². The number of anilines is 2. The van der Waals surface area contributed by atoms with Crippen LogP contribution >= 0.6 is 11.3 Å². The lowest BCUT2D eigenvalue weighted by atomic mass is 9.97. The minimum atomic E-state index is -0.0266. The number of carbonyl (C=O) groups excluding carboxylic acids is 2. The van der Waals surface area contributed by atoms with Crippen LogP contribution in [0.5, 0.6) is 0 Å². The van der Waals surface area contributed by atoms with Crippen LogP contribution in [0, 0.1) is 5.92 Å². The Bertz CT molecular complexity index is 841. The third-order valence-corrected chi connectivity index (χ3v) is 6.56. The number of nitrogens with zero attached hydrogens (tertiary/aromatic N) is 4. The van der Waals surface area contributed by atoms with Gasteiger partial charge in [-0.25, -0.2) is 0 Å². The molecule has 0 aliphatic carbocycles. The van der Waals surface area contributed by atoms with Crippen molar-refractivity contribution in [3.63, 3.8) is 0 Å². The van der Waals surface area contributed by atoms with E-state index in [0.717, 1.165) is 50.3 Å². The summed E-state index contributed by atoms with van der Waals surface area (Å²) in [6.45, 7) is 2.96. The summed E-state index contributed by atoms with van der Waals surface area (Å²) in [5.41, 5.74) is 1.30. The van der Waals surface area contributed by atoms with Crippen molar-refractivity contribution in [2.75, 3.05) is 36.0 Å². The molecular weight excluding hydrogens is 386 g/mol. The molecule has 1 atom stereocenters. The van der Waals surface area contributed by atoms with E-state index in [1.165, 1.54) is 16.9 Å². The molecule has 0 unspecified atom stereocenters. The Kier molecular flexibility index (Phi) is 6.39. The number of hydrogen-bond donors (Lipinski definition) is 1. The first-order valence-electron chi connectivity index (χ1n) is 10.4. The van der Waals surface area contributed by atoms with Crippen molar-refractivity contribution in [1.82, 2.24) is 15.5 Å². The third-order valence-electron chi connectivity index (χ3n) is 5.55. The Labute approximate surface area is 175 Å². The normalized spacial score (nSPS) is 19.6. The molecule has 2 saturated heterocycles. The van der Waals surface area contributed by atoms with E-state index in [9.17, 15) is 9.59 Å². The smallest absolute Gasteiger partial charge is 0.228 e. The van der Waals surface area contributed by atoms with Gasteiger partial charge in [-0.05, 0) is 37.7 Å². The summed E-state index contributed by atoms with van der Waals surface area (Å²) in [6, 6.07) is 10.3. The van der Waals surface area contributed by atoms with Crippen molar-refractivity contribution >= 4 is 33.4 Å². The van der Waals surface area contributed by atoms with Gasteiger partial charge in [0.1, 0.15) is 0 Å². The van der Waals surface area contributed by atoms with Gasteiger partial charge in [-0.15, -0.1) is 10.2 Å². The second kappa shape index (κ2) is 9.35. The molecule has 2 fully saturated rings. The predicted molar refractivity (Wildman–Crippen MR) is 114 cm³/mol. The van der Waals surface area contributed by atoms with Gasteiger partial charge in [-0.2, -0.15) is 0 Å². The number of rotatable bonds is 7. The molecule has 29 heavy (non-hydrogen) atoms. The molecule has 0 spiro atoms. The molecule has 2 aliphatic heterocycles. The van der Waals surface area contributed by atoms with Crippen LogP contribution in [0.2, 0.25) is 0 Å². The Morgan fingerprint density at radius 1 is 1.14 bits per heavy atom. The zero-order valence-electron chi connectivity index (χ0n) is 16.5. The van der Waals surface area contributed by atoms with E-state index in [0.29, 0.717) is 24.6 Å². The van der Waals surface area contributed by atoms with Crippen LogP contribution in [-0.2, 0) is 16.0 Å². The maximum absolute atomic E-state index is 12.6. The molecule has 1 N–H and O–H groups in total. The summed E-state index contributed by atoms with van der Waals surface area (Å²) in [7, 11) is 0. The number of piperidine rings is 1. The fourth-order valence-corrected chi connectivity index (χ4v) is 4.88. The van der Waals surface area contributed by atoms with Crippen molar-refractivity contribution < 1.29 is 9.59 Å². The van der Waals surface area contributed by atoms with Gasteiger partial charge in [0.05, 0.1) is 5.92 Å². The van der Waals surface area contributed by atoms with Crippen LogP contribution in [0.3, 0.4) is 0 Å². The second-order valence-electron chi connectivity index (χ2n) is 7.68. The summed E-state index contributed by atoms with van der Waals surface area (Å²) in [5.74, 6) is 0.225. The van der Waals surface area contributed by atoms with Gasteiger partial charge in [0.25, 0.3) is 0 Å². The Balaban J connectivity index is 1.26. The van der Waals surface area contributed by atoms with Crippen LogP contribution in [0.25, 0.3) is 0 Å². The molecule has 7 nitrogen and oxygen atoms in total. The van der Waals surface area contributed by atoms with Crippen LogP contribution in [0.4, 0.5) is 10.3 Å². The second-order valence-corrected chi connectivity index (χ2v) is 8.62. The van der Waals surface area contributed by atoms with Crippen LogP contribution in [0.1, 0.15) is 37.7 Å². The van der Waals surface area contributed by atoms with Gasteiger partial charge in [-0.1, -0.05) is 41.7 Å². The lowest BCUT2D eigenvalue weighted by Crippen LogP contribution is -2.43. The van der Waals surface area contributed by atoms with E-state index in [4.69, 9.17) is 0 Å². The Morgan fingerprint density at radius 3 is 2.76 bits per heavy atom. The minimum absolute atomic E-state index is 0.0266. The van der Waals surface area contributed by atoms with Gasteiger partial charge in [0.15, 0.2) is 0 Å². The summed E-state index contributed by atoms with van der Waals surface area (Å²) in [6.07, 6.45) is 5.24. The predicted octanol–water partition coefficient (Wildman–Crippen LogP) is 2.63. The molecule has 154 valence electrons. The summed E-state index contributed by atoms with van der Waals surface area (Å²) < 4.78 is 0. The number of carbonyl (C=O) groups is 2. The van der Waals surface area contributed by atoms with Crippen molar-refractivity contribution in [2.45, 2.75) is 38.5 Å². The largest absolute Gasteiger partial charge is 0.356 e. The number of aromatic nitrogens is 2. The van der Waals surface area contributed by atoms with Crippen molar-refractivity contribution in [2.24, 2.45) is 5.92 Å². The van der Waals surface area contributed by atoms with Gasteiger partial charge in [0, 0.05) is 32.6 Å². The van der Waals surface area contributed by atoms with Gasteiger partial charge in [-0.3, -0.25) is 14.5 Å². The molecular formula is C21H27N5O2S. The van der Waals surface area contributed by atoms with Gasteiger partial charge >= 0.3 is 0 Å². The summed E-state index contributed by atoms with van der Waals surface area (Å²) in [4.78, 5) is 28.4. The maximum atomic E-state index is 12.6. The average molecular weight is 414 g/mol. The highest BCUT2D eigenvalue weighted by Gasteiger charge is 2.29. The third kappa shape index (κ3) is 4.93. The van der Waals surface area contributed by atoms with E-state index in [1.54, 1.807) is 4.90 Å². The van der Waals surface area contributed by atoms with Crippen LogP contribution in [0.15, 0.2) is 30.3 Å². The Morgan fingerprint density at radius 2 is 1.97 bits per heavy atom. The fourth-order valence-electron chi connectivity index (χ4n) is 3.95. The molecule has 8 heteroatoms. The van der Waals surface area contributed by atoms with Gasteiger partial charge in [0.2, 0.25) is 22.1 Å². The molecule has 0 bridgehead atoms. The number of hydrogen-bond acceptors (Lipinski definition) is 6. The highest BCUT2D eigenvalue weighted by molar-refractivity contribution is 7.19. The quantitative estimate of drug-likeness (QED) is 0.706. The standard InChI is InChI=1S/C21H27N5O2S/c27-18-11-6-14-26(18)21-24-23-20(29-21)25-13-5-10-17(15-25)19(28)22-12-4-9-16-7-2-1-3-8-16/h1-3,7-8,17H,4-6,9-15H2,(H,22,28)/t17-/m0/s1. The topological polar surface area (TPSA) is 78.4 Å². The molecule has 0 saturated carbocycles. The van der Waals surface area contributed by atoms with E-state index in [2.05, 4.69) is 32.5 Å². The maximum Gasteiger partial charge on any atom is 0.228 e. The first-order chi connectivity index (χ1) is 14.2. The lowest BCUT2D eigenvalue weighted by Gasteiger charge is -2.31. The number of nitrogens with one attached hydrogen (secondary N) is 1.